The molecule has 0 radical (unpaired) electrons. The zero-order valence-electron chi connectivity index (χ0n) is 11.3. The van der Waals surface area contributed by atoms with Gasteiger partial charge in [-0.25, -0.2) is 0 Å². The molecule has 0 spiro atoms. The molecule has 0 aromatic heterocycles. The molecular weight excluding hydrogens is 295 g/mol. The Morgan fingerprint density at radius 3 is 2.13 bits per heavy atom. The molecule has 2 atom stereocenters. The van der Waals surface area contributed by atoms with Crippen LogP contribution in [0.3, 0.4) is 0 Å². The molecule has 0 bridgehead atoms. The Labute approximate surface area is 99.6 Å². The minimum absolute atomic E-state index is 0.0486. The Bertz CT molecular complexity index is 154. The molecule has 0 saturated carbocycles. The van der Waals surface area contributed by atoms with E-state index in [0.717, 1.165) is 0 Å². The molecule has 0 aromatic carbocycles. The van der Waals surface area contributed by atoms with E-state index < -0.39 is 18.4 Å². The maximum absolute atomic E-state index is 5.98. The monoisotopic (exact) mass is 324 g/mol. The third kappa shape index (κ3) is 7.58. The predicted molar refractivity (Wildman–Crippen MR) is 68.8 cm³/mol. The third-order valence-corrected chi connectivity index (χ3v) is 9.45. The molecule has 0 rings (SSSR count). The molecule has 0 fully saturated rings. The molecule has 15 heavy (non-hydrogen) atoms. The first kappa shape index (κ1) is 15.7. The Balaban J connectivity index is 4.08. The van der Waals surface area contributed by atoms with Crippen molar-refractivity contribution in [1.29, 1.82) is 0 Å². The van der Waals surface area contributed by atoms with Gasteiger partial charge in [-0.2, -0.15) is 0 Å². The number of rotatable bonds is 8. The van der Waals surface area contributed by atoms with E-state index >= 15 is 0 Å². The van der Waals surface area contributed by atoms with Gasteiger partial charge in [0.15, 0.2) is 0 Å². The molecule has 0 amide bonds. The van der Waals surface area contributed by atoms with Crippen molar-refractivity contribution in [1.82, 2.24) is 0 Å². The molecular formula is C12H28O2Sn. The van der Waals surface area contributed by atoms with E-state index in [1.807, 2.05) is 6.92 Å². The molecule has 0 unspecified atom stereocenters. The van der Waals surface area contributed by atoms with Crippen LogP contribution in [0.5, 0.6) is 0 Å². The fourth-order valence-corrected chi connectivity index (χ4v) is 6.34. The Morgan fingerprint density at radius 2 is 1.73 bits per heavy atom. The van der Waals surface area contributed by atoms with Gasteiger partial charge in [-0.1, -0.05) is 0 Å². The fourth-order valence-electron chi connectivity index (χ4n) is 1.57. The number of unbranched alkanes of at least 4 members (excludes halogenated alkanes) is 2. The van der Waals surface area contributed by atoms with Crippen molar-refractivity contribution in [3.8, 4) is 0 Å². The van der Waals surface area contributed by atoms with Crippen LogP contribution in [-0.4, -0.2) is 35.9 Å². The van der Waals surface area contributed by atoms with E-state index in [1.165, 1.54) is 25.7 Å². The summed E-state index contributed by atoms with van der Waals surface area (Å²) in [4.78, 5) is 7.31. The second kappa shape index (κ2) is 7.91. The van der Waals surface area contributed by atoms with Gasteiger partial charge < -0.3 is 0 Å². The Kier molecular flexibility index (Phi) is 8.28. The van der Waals surface area contributed by atoms with Crippen LogP contribution in [0, 0.1) is 0 Å². The van der Waals surface area contributed by atoms with Gasteiger partial charge in [0.2, 0.25) is 0 Å². The van der Waals surface area contributed by atoms with Crippen LogP contribution in [0.15, 0.2) is 0 Å². The topological polar surface area (TPSA) is 18.5 Å². The summed E-state index contributed by atoms with van der Waals surface area (Å²) >= 11 is -1.94. The summed E-state index contributed by atoms with van der Waals surface area (Å²) in [5.41, 5.74) is 0. The quantitative estimate of drug-likeness (QED) is 0.384. The van der Waals surface area contributed by atoms with Gasteiger partial charge >= 0.3 is 99.7 Å². The molecule has 3 heteroatoms. The molecule has 0 saturated heterocycles. The molecule has 2 nitrogen and oxygen atoms in total. The second-order valence-corrected chi connectivity index (χ2v) is 20.6. The summed E-state index contributed by atoms with van der Waals surface area (Å²) in [7, 11) is 1.71. The van der Waals surface area contributed by atoms with E-state index in [9.17, 15) is 0 Å². The van der Waals surface area contributed by atoms with Gasteiger partial charge in [-0.05, 0) is 0 Å². The first-order chi connectivity index (χ1) is 6.91. The van der Waals surface area contributed by atoms with Crippen molar-refractivity contribution in [2.75, 3.05) is 7.11 Å². The van der Waals surface area contributed by atoms with Crippen molar-refractivity contribution in [3.05, 3.63) is 0 Å². The molecule has 0 aliphatic carbocycles. The van der Waals surface area contributed by atoms with E-state index in [1.54, 1.807) is 7.11 Å². The third-order valence-electron chi connectivity index (χ3n) is 2.72. The van der Waals surface area contributed by atoms with Crippen molar-refractivity contribution in [3.63, 3.8) is 0 Å². The predicted octanol–water partition coefficient (Wildman–Crippen LogP) is 3.82. The van der Waals surface area contributed by atoms with Gasteiger partial charge in [0.05, 0.1) is 0 Å². The van der Waals surface area contributed by atoms with Crippen LogP contribution in [0.25, 0.3) is 0 Å². The summed E-state index contributed by atoms with van der Waals surface area (Å²) in [6.45, 7) is 4.23. The normalized spacial score (nSPS) is 16.4. The van der Waals surface area contributed by atoms with Crippen molar-refractivity contribution >= 4 is 18.4 Å². The van der Waals surface area contributed by atoms with Crippen molar-refractivity contribution < 1.29 is 9.47 Å². The van der Waals surface area contributed by atoms with Gasteiger partial charge in [0.1, 0.15) is 0 Å². The van der Waals surface area contributed by atoms with Gasteiger partial charge in [-0.3, -0.25) is 0 Å². The molecule has 92 valence electrons. The summed E-state index contributed by atoms with van der Waals surface area (Å²) < 4.78 is 11.7. The van der Waals surface area contributed by atoms with Gasteiger partial charge in [0.25, 0.3) is 0 Å². The van der Waals surface area contributed by atoms with Crippen LogP contribution < -0.4 is 0 Å². The fraction of sp³-hybridized carbons (Fsp3) is 1.00. The zero-order chi connectivity index (χ0) is 11.9. The Morgan fingerprint density at radius 1 is 1.13 bits per heavy atom. The second-order valence-electron chi connectivity index (χ2n) is 5.29. The summed E-state index contributed by atoms with van der Waals surface area (Å²) in [5, 5.41) is 0. The van der Waals surface area contributed by atoms with Gasteiger partial charge in [0, 0.05) is 0 Å². The first-order valence-corrected chi connectivity index (χ1v) is 16.3. The average Bonchev–Trinajstić information content (AvgIpc) is 2.14. The Hall–Kier alpha value is 0.719. The van der Waals surface area contributed by atoms with Crippen LogP contribution in [0.1, 0.15) is 39.5 Å². The molecule has 0 N–H and O–H groups in total. The summed E-state index contributed by atoms with van der Waals surface area (Å²) in [5.74, 6) is 0. The number of hydrogen-bond donors (Lipinski definition) is 0. The van der Waals surface area contributed by atoms with E-state index in [0.29, 0.717) is 4.12 Å². The number of hydrogen-bond acceptors (Lipinski definition) is 2. The molecule has 0 aliphatic rings. The molecule has 0 heterocycles. The van der Waals surface area contributed by atoms with Crippen LogP contribution in [-0.2, 0) is 9.47 Å². The van der Waals surface area contributed by atoms with Gasteiger partial charge in [-0.15, -0.1) is 0 Å². The van der Waals surface area contributed by atoms with Crippen LogP contribution in [0.4, 0.5) is 0 Å². The van der Waals surface area contributed by atoms with Crippen LogP contribution in [0.2, 0.25) is 14.8 Å². The summed E-state index contributed by atoms with van der Waals surface area (Å²) in [6, 6.07) is 0. The molecule has 0 aromatic rings. The van der Waals surface area contributed by atoms with Crippen molar-refractivity contribution in [2.24, 2.45) is 0 Å². The first-order valence-electron chi connectivity index (χ1n) is 6.10. The SMILES string of the molecule is CCCCC[C@@H](O[C@@H](C)OC)[Sn]([CH3])([CH3])[CH3]. The van der Waals surface area contributed by atoms with E-state index in [-0.39, 0.29) is 6.29 Å². The average molecular weight is 323 g/mol. The zero-order valence-corrected chi connectivity index (χ0v) is 14.2. The van der Waals surface area contributed by atoms with Crippen LogP contribution >= 0.6 is 0 Å². The minimum atomic E-state index is -1.94. The van der Waals surface area contributed by atoms with Crippen molar-refractivity contribution in [2.45, 2.75) is 64.8 Å². The number of ether oxygens (including phenoxy) is 2. The van der Waals surface area contributed by atoms with E-state index in [4.69, 9.17) is 9.47 Å². The molecule has 0 aliphatic heterocycles. The standard InChI is InChI=1S/C9H19O2.3CH3.Sn/c1-4-5-6-7-8-11-9(2)10-3;;;;/h8-9H,4-7H2,1-3H3;3*1H3;/t9-;;;;/m0..../s1. The maximum atomic E-state index is 5.98. The van der Waals surface area contributed by atoms with E-state index in [2.05, 4.69) is 21.7 Å². The summed E-state index contributed by atoms with van der Waals surface area (Å²) in [6.07, 6.45) is 5.08. The number of methoxy groups -OCH3 is 1.